The lowest BCUT2D eigenvalue weighted by molar-refractivity contribution is 0.0684. The second kappa shape index (κ2) is 6.62. The molecule has 2 heterocycles. The van der Waals surface area contributed by atoms with Gasteiger partial charge in [-0.2, -0.15) is 10.4 Å². The van der Waals surface area contributed by atoms with Crippen molar-refractivity contribution in [2.75, 3.05) is 25.5 Å². The molecule has 4 N–H and O–H groups in total. The van der Waals surface area contributed by atoms with Crippen molar-refractivity contribution in [1.29, 1.82) is 5.26 Å². The monoisotopic (exact) mass is 324 g/mol. The summed E-state index contributed by atoms with van der Waals surface area (Å²) in [5, 5.41) is 18.3. The smallest absolute Gasteiger partial charge is 0.412 e. The van der Waals surface area contributed by atoms with E-state index >= 15 is 0 Å². The van der Waals surface area contributed by atoms with Gasteiger partial charge in [0.1, 0.15) is 17.3 Å². The lowest BCUT2D eigenvalue weighted by atomic mass is 9.84. The fourth-order valence-electron chi connectivity index (χ4n) is 2.58. The first kappa shape index (κ1) is 16.7. The first-order valence-electron chi connectivity index (χ1n) is 6.91. The third-order valence-electron chi connectivity index (χ3n) is 3.87. The lowest BCUT2D eigenvalue weighted by Crippen LogP contribution is -2.53. The topological polar surface area (TPSA) is 135 Å². The van der Waals surface area contributed by atoms with E-state index in [9.17, 15) is 14.0 Å². The normalized spacial score (nSPS) is 23.8. The van der Waals surface area contributed by atoms with E-state index in [1.807, 2.05) is 6.07 Å². The minimum atomic E-state index is -1.39. The number of hydrogen-bond acceptors (Lipinski definition) is 6. The van der Waals surface area contributed by atoms with Gasteiger partial charge in [0.25, 0.3) is 5.91 Å². The number of nitrogens with two attached hydrogens (primary N) is 1. The molecule has 1 aromatic rings. The number of nitriles is 1. The molecule has 2 unspecified atom stereocenters. The van der Waals surface area contributed by atoms with Crippen LogP contribution in [0.2, 0.25) is 0 Å². The van der Waals surface area contributed by atoms with E-state index in [-0.39, 0.29) is 24.3 Å². The number of anilines is 1. The van der Waals surface area contributed by atoms with E-state index in [0.717, 1.165) is 7.11 Å². The van der Waals surface area contributed by atoms with E-state index in [1.54, 1.807) is 0 Å². The molecule has 2 rings (SSSR count). The van der Waals surface area contributed by atoms with Gasteiger partial charge in [-0.05, 0) is 13.0 Å². The number of carbonyl (C=O) groups excluding carboxylic acids is 2. The summed E-state index contributed by atoms with van der Waals surface area (Å²) in [7, 11) is 1.15. The van der Waals surface area contributed by atoms with Gasteiger partial charge in [-0.15, -0.1) is 0 Å². The van der Waals surface area contributed by atoms with Crippen LogP contribution in [0.4, 0.5) is 15.0 Å². The number of primary amides is 1. The van der Waals surface area contributed by atoms with Gasteiger partial charge in [-0.25, -0.2) is 9.18 Å². The summed E-state index contributed by atoms with van der Waals surface area (Å²) in [5.41, 5.74) is 3.96. The summed E-state index contributed by atoms with van der Waals surface area (Å²) in [6, 6.07) is 1.96. The highest BCUT2D eigenvalue weighted by atomic mass is 19.1. The molecule has 1 fully saturated rings. The second-order valence-corrected chi connectivity index (χ2v) is 5.18. The molecule has 0 spiro atoms. The predicted octanol–water partition coefficient (Wildman–Crippen LogP) is 0.101. The van der Waals surface area contributed by atoms with Gasteiger partial charge >= 0.3 is 6.09 Å². The molecule has 0 aliphatic carbocycles. The predicted molar refractivity (Wildman–Crippen MR) is 77.4 cm³/mol. The van der Waals surface area contributed by atoms with Gasteiger partial charge in [0.2, 0.25) is 0 Å². The van der Waals surface area contributed by atoms with Crippen molar-refractivity contribution < 1.29 is 18.7 Å². The number of halogens is 1. The van der Waals surface area contributed by atoms with Crippen molar-refractivity contribution in [3.8, 4) is 6.07 Å². The summed E-state index contributed by atoms with van der Waals surface area (Å²) in [4.78, 5) is 22.9. The van der Waals surface area contributed by atoms with Crippen LogP contribution in [0.15, 0.2) is 6.20 Å². The SMILES string of the molecule is COC(=O)Nc1nn(C2(CC#N)CCNCC2F)cc1C(N)=O. The van der Waals surface area contributed by atoms with Gasteiger partial charge in [-0.3, -0.25) is 14.8 Å². The molecule has 0 bridgehead atoms. The molecule has 0 radical (unpaired) electrons. The van der Waals surface area contributed by atoms with Crippen LogP contribution >= 0.6 is 0 Å². The zero-order chi connectivity index (χ0) is 17.0. The fraction of sp³-hybridized carbons (Fsp3) is 0.538. The number of amides is 2. The molecule has 0 saturated carbocycles. The highest BCUT2D eigenvalue weighted by molar-refractivity contribution is 6.00. The number of ether oxygens (including phenoxy) is 1. The standard InChI is InChI=1S/C13H17FN6O3/c1-23-12(22)18-11-8(10(16)21)7-20(19-11)13(2-4-15)3-5-17-6-9(13)14/h7,9,17H,2-3,5-6H2,1H3,(H2,16,21)(H,18,19,22). The van der Waals surface area contributed by atoms with Crippen molar-refractivity contribution >= 4 is 17.8 Å². The summed E-state index contributed by atoms with van der Waals surface area (Å²) in [6.07, 6.45) is -0.799. The van der Waals surface area contributed by atoms with Crippen molar-refractivity contribution in [2.45, 2.75) is 24.6 Å². The molecule has 0 aromatic carbocycles. The van der Waals surface area contributed by atoms with Crippen LogP contribution in [-0.4, -0.2) is 48.2 Å². The Morgan fingerprint density at radius 3 is 3.04 bits per heavy atom. The summed E-state index contributed by atoms with van der Waals surface area (Å²) in [6.45, 7) is 0.556. The molecule has 23 heavy (non-hydrogen) atoms. The molecule has 9 nitrogen and oxygen atoms in total. The fourth-order valence-corrected chi connectivity index (χ4v) is 2.58. The number of rotatable bonds is 4. The Labute approximate surface area is 131 Å². The number of alkyl halides is 1. The number of hydrogen-bond donors (Lipinski definition) is 3. The molecule has 1 aliphatic rings. The van der Waals surface area contributed by atoms with Gasteiger partial charge in [0.15, 0.2) is 5.82 Å². The first-order valence-corrected chi connectivity index (χ1v) is 6.91. The zero-order valence-electron chi connectivity index (χ0n) is 12.5. The van der Waals surface area contributed by atoms with Crippen LogP contribution < -0.4 is 16.4 Å². The second-order valence-electron chi connectivity index (χ2n) is 5.18. The van der Waals surface area contributed by atoms with Crippen LogP contribution in [-0.2, 0) is 10.3 Å². The van der Waals surface area contributed by atoms with E-state index < -0.39 is 23.7 Å². The Morgan fingerprint density at radius 2 is 2.48 bits per heavy atom. The summed E-state index contributed by atoms with van der Waals surface area (Å²) < 4.78 is 20.2. The summed E-state index contributed by atoms with van der Waals surface area (Å²) >= 11 is 0. The Balaban J connectivity index is 2.48. The third-order valence-corrected chi connectivity index (χ3v) is 3.87. The molecule has 2 amide bonds. The van der Waals surface area contributed by atoms with Crippen LogP contribution in [0.3, 0.4) is 0 Å². The molecule has 124 valence electrons. The van der Waals surface area contributed by atoms with Gasteiger partial charge in [-0.1, -0.05) is 0 Å². The van der Waals surface area contributed by atoms with Crippen molar-refractivity contribution in [2.24, 2.45) is 5.73 Å². The molecule has 1 aliphatic heterocycles. The minimum absolute atomic E-state index is 0.0627. The molecule has 10 heteroatoms. The zero-order valence-corrected chi connectivity index (χ0v) is 12.5. The van der Waals surface area contributed by atoms with Crippen LogP contribution in [0, 0.1) is 11.3 Å². The lowest BCUT2D eigenvalue weighted by Gasteiger charge is -2.39. The number of carbonyl (C=O) groups is 2. The highest BCUT2D eigenvalue weighted by Crippen LogP contribution is 2.34. The minimum Gasteiger partial charge on any atom is -0.453 e. The maximum Gasteiger partial charge on any atom is 0.412 e. The molecule has 1 aromatic heterocycles. The molecule has 1 saturated heterocycles. The van der Waals surface area contributed by atoms with E-state index in [4.69, 9.17) is 11.0 Å². The largest absolute Gasteiger partial charge is 0.453 e. The van der Waals surface area contributed by atoms with E-state index in [2.05, 4.69) is 20.5 Å². The first-order chi connectivity index (χ1) is 10.9. The average molecular weight is 324 g/mol. The Kier molecular flexibility index (Phi) is 4.80. The van der Waals surface area contributed by atoms with Gasteiger partial charge in [0, 0.05) is 12.7 Å². The van der Waals surface area contributed by atoms with Crippen LogP contribution in [0.5, 0.6) is 0 Å². The molecule has 2 atom stereocenters. The number of nitrogens with one attached hydrogen (secondary N) is 2. The molecular weight excluding hydrogens is 307 g/mol. The van der Waals surface area contributed by atoms with Crippen molar-refractivity contribution in [3.05, 3.63) is 11.8 Å². The van der Waals surface area contributed by atoms with Gasteiger partial charge < -0.3 is 15.8 Å². The maximum absolute atomic E-state index is 14.5. The van der Waals surface area contributed by atoms with Gasteiger partial charge in [0.05, 0.1) is 19.6 Å². The Hall–Kier alpha value is -2.67. The van der Waals surface area contributed by atoms with E-state index in [0.29, 0.717) is 13.0 Å². The van der Waals surface area contributed by atoms with Crippen molar-refractivity contribution in [3.63, 3.8) is 0 Å². The van der Waals surface area contributed by atoms with E-state index in [1.165, 1.54) is 10.9 Å². The average Bonchev–Trinajstić information content (AvgIpc) is 2.94. The maximum atomic E-state index is 14.5. The third kappa shape index (κ3) is 3.09. The Bertz CT molecular complexity index is 655. The van der Waals surface area contributed by atoms with Crippen LogP contribution in [0.1, 0.15) is 23.2 Å². The number of nitrogens with zero attached hydrogens (tertiary/aromatic N) is 3. The number of piperidine rings is 1. The van der Waals surface area contributed by atoms with Crippen LogP contribution in [0.25, 0.3) is 0 Å². The summed E-state index contributed by atoms with van der Waals surface area (Å²) in [5.74, 6) is -0.966. The number of methoxy groups -OCH3 is 1. The number of aromatic nitrogens is 2. The quantitative estimate of drug-likeness (QED) is 0.719. The van der Waals surface area contributed by atoms with Crippen molar-refractivity contribution in [1.82, 2.24) is 15.1 Å². The molecular formula is C13H17FN6O3. The Morgan fingerprint density at radius 1 is 1.74 bits per heavy atom. The highest BCUT2D eigenvalue weighted by Gasteiger charge is 2.44.